The van der Waals surface area contributed by atoms with E-state index in [9.17, 15) is 8.42 Å². The van der Waals surface area contributed by atoms with Crippen LogP contribution in [0.4, 0.5) is 0 Å². The molecule has 1 unspecified atom stereocenters. The highest BCUT2D eigenvalue weighted by Crippen LogP contribution is 2.03. The van der Waals surface area contributed by atoms with Crippen LogP contribution in [0.1, 0.15) is 19.8 Å². The van der Waals surface area contributed by atoms with Gasteiger partial charge in [-0.2, -0.15) is 29.2 Å². The van der Waals surface area contributed by atoms with E-state index in [1.54, 1.807) is 18.8 Å². The Labute approximate surface area is 110 Å². The molecule has 0 aliphatic rings. The van der Waals surface area contributed by atoms with Crippen LogP contribution in [0.5, 0.6) is 0 Å². The van der Waals surface area contributed by atoms with E-state index in [0.29, 0.717) is 6.54 Å². The second-order valence-corrected chi connectivity index (χ2v) is 6.88. The molecule has 0 aliphatic heterocycles. The summed E-state index contributed by atoms with van der Waals surface area (Å²) in [5.41, 5.74) is 0. The number of thioether (sulfide) groups is 1. The molecule has 0 spiro atoms. The van der Waals surface area contributed by atoms with Crippen LogP contribution in [0.2, 0.25) is 0 Å². The molecular formula is C10H25N3O2S2. The third kappa shape index (κ3) is 7.99. The second-order valence-electron chi connectivity index (χ2n) is 4.08. The topological polar surface area (TPSA) is 61.4 Å². The molecule has 0 bridgehead atoms. The van der Waals surface area contributed by atoms with E-state index in [-0.39, 0.29) is 6.04 Å². The van der Waals surface area contributed by atoms with Crippen LogP contribution < -0.4 is 10.0 Å². The van der Waals surface area contributed by atoms with Crippen molar-refractivity contribution in [2.45, 2.75) is 25.8 Å². The largest absolute Gasteiger partial charge is 0.320 e. The predicted octanol–water partition coefficient (Wildman–Crippen LogP) is 0.504. The van der Waals surface area contributed by atoms with E-state index >= 15 is 0 Å². The molecule has 5 nitrogen and oxygen atoms in total. The van der Waals surface area contributed by atoms with Gasteiger partial charge in [0.15, 0.2) is 0 Å². The van der Waals surface area contributed by atoms with E-state index in [1.165, 1.54) is 4.31 Å². The van der Waals surface area contributed by atoms with Gasteiger partial charge in [0, 0.05) is 19.6 Å². The second kappa shape index (κ2) is 9.16. The fourth-order valence-electron chi connectivity index (χ4n) is 1.30. The summed E-state index contributed by atoms with van der Waals surface area (Å²) in [5, 5.41) is 3.00. The Balaban J connectivity index is 4.07. The van der Waals surface area contributed by atoms with Crippen LogP contribution in [0.25, 0.3) is 0 Å². The van der Waals surface area contributed by atoms with Crippen molar-refractivity contribution in [1.29, 1.82) is 0 Å². The Kier molecular flexibility index (Phi) is 9.25. The first-order valence-electron chi connectivity index (χ1n) is 5.81. The molecule has 0 saturated carbocycles. The molecule has 17 heavy (non-hydrogen) atoms. The van der Waals surface area contributed by atoms with Gasteiger partial charge >= 0.3 is 0 Å². The van der Waals surface area contributed by atoms with Crippen molar-refractivity contribution in [1.82, 2.24) is 14.3 Å². The zero-order chi connectivity index (χ0) is 13.3. The summed E-state index contributed by atoms with van der Waals surface area (Å²) < 4.78 is 27.8. The highest BCUT2D eigenvalue weighted by molar-refractivity contribution is 7.98. The predicted molar refractivity (Wildman–Crippen MR) is 75.7 cm³/mol. The zero-order valence-corrected chi connectivity index (χ0v) is 12.8. The van der Waals surface area contributed by atoms with E-state index in [0.717, 1.165) is 25.1 Å². The third-order valence-electron chi connectivity index (χ3n) is 2.42. The molecule has 0 saturated heterocycles. The van der Waals surface area contributed by atoms with Gasteiger partial charge < -0.3 is 5.32 Å². The number of rotatable bonds is 10. The average Bonchev–Trinajstić information content (AvgIpc) is 2.26. The lowest BCUT2D eigenvalue weighted by Gasteiger charge is -2.20. The van der Waals surface area contributed by atoms with Crippen molar-refractivity contribution in [3.05, 3.63) is 0 Å². The quantitative estimate of drug-likeness (QED) is 0.573. The van der Waals surface area contributed by atoms with Crippen molar-refractivity contribution in [2.24, 2.45) is 0 Å². The van der Waals surface area contributed by atoms with Crippen LogP contribution in [-0.4, -0.2) is 58.0 Å². The van der Waals surface area contributed by atoms with Crippen LogP contribution in [-0.2, 0) is 10.2 Å². The summed E-state index contributed by atoms with van der Waals surface area (Å²) in [7, 11) is 0.145. The Morgan fingerprint density at radius 1 is 1.41 bits per heavy atom. The number of nitrogens with one attached hydrogen (secondary N) is 2. The lowest BCUT2D eigenvalue weighted by atomic mass is 10.3. The fourth-order valence-corrected chi connectivity index (χ4v) is 3.06. The van der Waals surface area contributed by atoms with Crippen LogP contribution >= 0.6 is 11.8 Å². The normalized spacial score (nSPS) is 14.2. The van der Waals surface area contributed by atoms with Gasteiger partial charge in [0.05, 0.1) is 0 Å². The maximum atomic E-state index is 11.9. The zero-order valence-electron chi connectivity index (χ0n) is 11.2. The molecule has 1 atom stereocenters. The molecule has 0 fully saturated rings. The molecular weight excluding hydrogens is 258 g/mol. The third-order valence-corrected chi connectivity index (χ3v) is 4.76. The van der Waals surface area contributed by atoms with Crippen LogP contribution in [0, 0.1) is 0 Å². The summed E-state index contributed by atoms with van der Waals surface area (Å²) in [6.07, 6.45) is 3.68. The number of hydrogen-bond acceptors (Lipinski definition) is 4. The summed E-state index contributed by atoms with van der Waals surface area (Å²) in [5.74, 6) is 0.965. The van der Waals surface area contributed by atoms with Crippen molar-refractivity contribution in [3.63, 3.8) is 0 Å². The Morgan fingerprint density at radius 2 is 2.06 bits per heavy atom. The fraction of sp³-hybridized carbons (Fsp3) is 1.00. The van der Waals surface area contributed by atoms with Crippen molar-refractivity contribution >= 4 is 22.0 Å². The highest BCUT2D eigenvalue weighted by atomic mass is 32.2. The maximum Gasteiger partial charge on any atom is 0.279 e. The highest BCUT2D eigenvalue weighted by Gasteiger charge is 2.19. The number of nitrogens with zero attached hydrogens (tertiary/aromatic N) is 1. The Hall–Kier alpha value is 0.180. The smallest absolute Gasteiger partial charge is 0.279 e. The molecule has 0 aliphatic carbocycles. The van der Waals surface area contributed by atoms with Crippen LogP contribution in [0.3, 0.4) is 0 Å². The molecule has 0 aromatic heterocycles. The van der Waals surface area contributed by atoms with Gasteiger partial charge in [0.1, 0.15) is 0 Å². The van der Waals surface area contributed by atoms with Gasteiger partial charge in [-0.1, -0.05) is 0 Å². The molecule has 0 rings (SSSR count). The summed E-state index contributed by atoms with van der Waals surface area (Å²) >= 11 is 1.72. The van der Waals surface area contributed by atoms with E-state index in [2.05, 4.69) is 10.0 Å². The SMILES string of the molecule is CNCCCN(C)S(=O)(=O)NC(C)CCSC. The van der Waals surface area contributed by atoms with Gasteiger partial charge in [-0.3, -0.25) is 0 Å². The van der Waals surface area contributed by atoms with Gasteiger partial charge in [-0.05, 0) is 45.4 Å². The van der Waals surface area contributed by atoms with Gasteiger partial charge in [0.2, 0.25) is 0 Å². The van der Waals surface area contributed by atoms with Gasteiger partial charge in [-0.15, -0.1) is 0 Å². The summed E-state index contributed by atoms with van der Waals surface area (Å²) in [6, 6.07) is -0.0146. The van der Waals surface area contributed by atoms with E-state index in [1.807, 2.05) is 20.2 Å². The molecule has 0 heterocycles. The van der Waals surface area contributed by atoms with Crippen LogP contribution in [0.15, 0.2) is 0 Å². The molecule has 7 heteroatoms. The monoisotopic (exact) mass is 283 g/mol. The molecule has 0 aromatic rings. The first-order valence-corrected chi connectivity index (χ1v) is 8.64. The summed E-state index contributed by atoms with van der Waals surface area (Å²) in [6.45, 7) is 3.25. The number of hydrogen-bond donors (Lipinski definition) is 2. The van der Waals surface area contributed by atoms with Gasteiger partial charge in [0.25, 0.3) is 10.2 Å². The molecule has 0 radical (unpaired) electrons. The molecule has 0 amide bonds. The van der Waals surface area contributed by atoms with E-state index < -0.39 is 10.2 Å². The van der Waals surface area contributed by atoms with Gasteiger partial charge in [-0.25, -0.2) is 0 Å². The first kappa shape index (κ1) is 17.2. The lowest BCUT2D eigenvalue weighted by molar-refractivity contribution is 0.439. The Morgan fingerprint density at radius 3 is 2.59 bits per heavy atom. The maximum absolute atomic E-state index is 11.9. The first-order chi connectivity index (χ1) is 7.94. The molecule has 104 valence electrons. The molecule has 0 aromatic carbocycles. The van der Waals surface area contributed by atoms with Crippen molar-refractivity contribution < 1.29 is 8.42 Å². The van der Waals surface area contributed by atoms with Crippen molar-refractivity contribution in [3.8, 4) is 0 Å². The minimum Gasteiger partial charge on any atom is -0.320 e. The Bertz CT molecular complexity index is 283. The van der Waals surface area contributed by atoms with Crippen molar-refractivity contribution in [2.75, 3.05) is 39.2 Å². The minimum atomic E-state index is -3.32. The molecule has 2 N–H and O–H groups in total. The minimum absolute atomic E-state index is 0.0146. The lowest BCUT2D eigenvalue weighted by Crippen LogP contribution is -2.43. The average molecular weight is 283 g/mol. The van der Waals surface area contributed by atoms with E-state index in [4.69, 9.17) is 0 Å². The standard InChI is InChI=1S/C10H25N3O2S2/c1-10(6-9-16-4)12-17(14,15)13(3)8-5-7-11-2/h10-12H,5-9H2,1-4H3. The summed E-state index contributed by atoms with van der Waals surface area (Å²) in [4.78, 5) is 0.